The number of rotatable bonds is 7. The van der Waals surface area contributed by atoms with Crippen molar-refractivity contribution in [1.29, 1.82) is 0 Å². The fraction of sp³-hybridized carbons (Fsp3) is 0.571. The second-order valence-corrected chi connectivity index (χ2v) is 5.75. The zero-order valence-corrected chi connectivity index (χ0v) is 12.5. The third kappa shape index (κ3) is 4.35. The van der Waals surface area contributed by atoms with E-state index >= 15 is 0 Å². The molecular weight excluding hydrogens is 262 g/mol. The van der Waals surface area contributed by atoms with Gasteiger partial charge >= 0.3 is 5.97 Å². The fourth-order valence-electron chi connectivity index (χ4n) is 1.74. The van der Waals surface area contributed by atoms with Gasteiger partial charge in [-0.25, -0.2) is 0 Å². The van der Waals surface area contributed by atoms with Crippen LogP contribution in [0.15, 0.2) is 6.07 Å². The number of amides is 1. The molecule has 4 nitrogen and oxygen atoms in total. The number of carboxylic acids is 1. The highest BCUT2D eigenvalue weighted by Gasteiger charge is 2.16. The predicted molar refractivity (Wildman–Crippen MR) is 76.8 cm³/mol. The Bertz CT molecular complexity index is 454. The van der Waals surface area contributed by atoms with E-state index in [4.69, 9.17) is 5.11 Å². The van der Waals surface area contributed by atoms with Crippen molar-refractivity contribution in [2.24, 2.45) is 5.92 Å². The molecular formula is C14H21NO3S. The van der Waals surface area contributed by atoms with Gasteiger partial charge in [0.2, 0.25) is 0 Å². The number of carboxylic acid groups (broad SMARTS) is 1. The third-order valence-corrected chi connectivity index (χ3v) is 4.20. The first kappa shape index (κ1) is 15.7. The van der Waals surface area contributed by atoms with Gasteiger partial charge in [-0.2, -0.15) is 0 Å². The minimum absolute atomic E-state index is 0.163. The zero-order valence-electron chi connectivity index (χ0n) is 11.7. The summed E-state index contributed by atoms with van der Waals surface area (Å²) in [6.07, 6.45) is 2.97. The molecule has 0 saturated carbocycles. The zero-order chi connectivity index (χ0) is 14.4. The Morgan fingerprint density at radius 1 is 1.42 bits per heavy atom. The quantitative estimate of drug-likeness (QED) is 0.808. The average molecular weight is 283 g/mol. The summed E-state index contributed by atoms with van der Waals surface area (Å²) in [7, 11) is 0. The highest BCUT2D eigenvalue weighted by Crippen LogP contribution is 2.24. The molecule has 1 aromatic rings. The van der Waals surface area contributed by atoms with Crippen LogP contribution in [0.5, 0.6) is 0 Å². The Morgan fingerprint density at radius 3 is 2.63 bits per heavy atom. The van der Waals surface area contributed by atoms with Gasteiger partial charge in [0.05, 0.1) is 10.8 Å². The van der Waals surface area contributed by atoms with Gasteiger partial charge in [-0.3, -0.25) is 9.59 Å². The number of thiophene rings is 1. The maximum atomic E-state index is 12.0. The van der Waals surface area contributed by atoms with Gasteiger partial charge in [0.1, 0.15) is 0 Å². The lowest BCUT2D eigenvalue weighted by Gasteiger charge is -2.06. The molecule has 1 amide bonds. The maximum absolute atomic E-state index is 12.0. The van der Waals surface area contributed by atoms with Crippen LogP contribution in [0.4, 0.5) is 0 Å². The summed E-state index contributed by atoms with van der Waals surface area (Å²) in [5.74, 6) is -1.63. The Labute approximate surface area is 117 Å². The first-order valence-corrected chi connectivity index (χ1v) is 7.43. The van der Waals surface area contributed by atoms with E-state index in [0.717, 1.165) is 19.3 Å². The Hall–Kier alpha value is -1.36. The van der Waals surface area contributed by atoms with E-state index < -0.39 is 11.9 Å². The second kappa shape index (κ2) is 7.28. The highest BCUT2D eigenvalue weighted by molar-refractivity contribution is 7.14. The van der Waals surface area contributed by atoms with Gasteiger partial charge in [-0.05, 0) is 24.5 Å². The van der Waals surface area contributed by atoms with Crippen molar-refractivity contribution in [3.63, 3.8) is 0 Å². The van der Waals surface area contributed by atoms with Gasteiger partial charge in [0.25, 0.3) is 5.91 Å². The summed E-state index contributed by atoms with van der Waals surface area (Å²) >= 11 is 1.52. The summed E-state index contributed by atoms with van der Waals surface area (Å²) in [5, 5.41) is 11.5. The number of carbonyl (C=O) groups is 2. The molecule has 19 heavy (non-hydrogen) atoms. The number of nitrogens with one attached hydrogen (secondary N) is 1. The van der Waals surface area contributed by atoms with Gasteiger partial charge < -0.3 is 10.4 Å². The molecule has 0 saturated heterocycles. The Kier molecular flexibility index (Phi) is 6.02. The minimum atomic E-state index is -0.896. The van der Waals surface area contributed by atoms with Crippen LogP contribution in [0.25, 0.3) is 0 Å². The van der Waals surface area contributed by atoms with Crippen molar-refractivity contribution in [3.05, 3.63) is 21.4 Å². The van der Waals surface area contributed by atoms with E-state index in [9.17, 15) is 9.59 Å². The monoisotopic (exact) mass is 283 g/mol. The van der Waals surface area contributed by atoms with Crippen molar-refractivity contribution in [1.82, 2.24) is 5.32 Å². The van der Waals surface area contributed by atoms with E-state index in [1.54, 1.807) is 6.92 Å². The van der Waals surface area contributed by atoms with Crippen LogP contribution in [-0.2, 0) is 17.6 Å². The number of carbonyl (C=O) groups excluding carboxylic acids is 1. The summed E-state index contributed by atoms with van der Waals surface area (Å²) in [6, 6.07) is 1.93. The molecule has 2 N–H and O–H groups in total. The standard InChI is InChI=1S/C14H21NO3S/c1-4-6-11-10(5-2)7-12(19-11)13(16)15-8-9(3)14(17)18/h7,9H,4-6,8H2,1-3H3,(H,15,16)(H,17,18). The molecule has 0 spiro atoms. The molecule has 0 radical (unpaired) electrons. The normalized spacial score (nSPS) is 12.2. The van der Waals surface area contributed by atoms with Crippen LogP contribution < -0.4 is 5.32 Å². The lowest BCUT2D eigenvalue weighted by molar-refractivity contribution is -0.140. The average Bonchev–Trinajstić information content (AvgIpc) is 2.79. The van der Waals surface area contributed by atoms with E-state index in [1.165, 1.54) is 21.8 Å². The molecule has 1 atom stereocenters. The van der Waals surface area contributed by atoms with Crippen molar-refractivity contribution in [3.8, 4) is 0 Å². The highest BCUT2D eigenvalue weighted by atomic mass is 32.1. The second-order valence-electron chi connectivity index (χ2n) is 4.61. The first-order chi connectivity index (χ1) is 8.99. The number of aryl methyl sites for hydroxylation is 2. The van der Waals surface area contributed by atoms with E-state index in [2.05, 4.69) is 19.2 Å². The molecule has 0 aliphatic carbocycles. The molecule has 1 aromatic heterocycles. The Morgan fingerprint density at radius 2 is 2.11 bits per heavy atom. The first-order valence-electron chi connectivity index (χ1n) is 6.62. The summed E-state index contributed by atoms with van der Waals surface area (Å²) in [5.41, 5.74) is 1.23. The molecule has 1 rings (SSSR count). The SMILES string of the molecule is CCCc1sc(C(=O)NCC(C)C(=O)O)cc1CC. The number of hydrogen-bond donors (Lipinski definition) is 2. The summed E-state index contributed by atoms with van der Waals surface area (Å²) < 4.78 is 0. The van der Waals surface area contributed by atoms with Crippen LogP contribution in [0.3, 0.4) is 0 Å². The topological polar surface area (TPSA) is 66.4 Å². The largest absolute Gasteiger partial charge is 0.481 e. The smallest absolute Gasteiger partial charge is 0.308 e. The lowest BCUT2D eigenvalue weighted by Crippen LogP contribution is -2.30. The van der Waals surface area contributed by atoms with Crippen LogP contribution >= 0.6 is 11.3 Å². The van der Waals surface area contributed by atoms with Crippen LogP contribution in [0.2, 0.25) is 0 Å². The number of hydrogen-bond acceptors (Lipinski definition) is 3. The summed E-state index contributed by atoms with van der Waals surface area (Å²) in [6.45, 7) is 5.94. The third-order valence-electron chi connectivity index (χ3n) is 2.97. The molecule has 1 heterocycles. The Balaban J connectivity index is 2.69. The predicted octanol–water partition coefficient (Wildman–Crippen LogP) is 2.71. The van der Waals surface area contributed by atoms with Crippen molar-refractivity contribution < 1.29 is 14.7 Å². The molecule has 0 aromatic carbocycles. The molecule has 0 fully saturated rings. The minimum Gasteiger partial charge on any atom is -0.481 e. The molecule has 5 heteroatoms. The van der Waals surface area contributed by atoms with Crippen LogP contribution in [0.1, 0.15) is 47.3 Å². The molecule has 0 aliphatic heterocycles. The van der Waals surface area contributed by atoms with Crippen molar-refractivity contribution in [2.75, 3.05) is 6.54 Å². The molecule has 0 bridgehead atoms. The van der Waals surface area contributed by atoms with Gasteiger partial charge in [0.15, 0.2) is 0 Å². The van der Waals surface area contributed by atoms with E-state index in [0.29, 0.717) is 4.88 Å². The van der Waals surface area contributed by atoms with Gasteiger partial charge in [-0.1, -0.05) is 27.2 Å². The van der Waals surface area contributed by atoms with Crippen molar-refractivity contribution >= 4 is 23.2 Å². The van der Waals surface area contributed by atoms with Crippen molar-refractivity contribution in [2.45, 2.75) is 40.0 Å². The fourth-order valence-corrected chi connectivity index (χ4v) is 3.01. The van der Waals surface area contributed by atoms with E-state index in [1.807, 2.05) is 6.07 Å². The van der Waals surface area contributed by atoms with Crippen LogP contribution in [-0.4, -0.2) is 23.5 Å². The van der Waals surface area contributed by atoms with Gasteiger partial charge in [0, 0.05) is 11.4 Å². The molecule has 106 valence electrons. The number of aliphatic carboxylic acids is 1. The van der Waals surface area contributed by atoms with E-state index in [-0.39, 0.29) is 12.5 Å². The van der Waals surface area contributed by atoms with Crippen LogP contribution in [0, 0.1) is 5.92 Å². The lowest BCUT2D eigenvalue weighted by atomic mass is 10.1. The molecule has 0 aliphatic rings. The molecule has 1 unspecified atom stereocenters. The van der Waals surface area contributed by atoms with Gasteiger partial charge in [-0.15, -0.1) is 11.3 Å². The maximum Gasteiger partial charge on any atom is 0.308 e. The summed E-state index contributed by atoms with van der Waals surface area (Å²) in [4.78, 5) is 24.6.